The van der Waals surface area contributed by atoms with Crippen molar-refractivity contribution in [3.05, 3.63) is 35.6 Å². The minimum atomic E-state index is -3.11. The van der Waals surface area contributed by atoms with Crippen LogP contribution in [-0.4, -0.2) is 55.4 Å². The van der Waals surface area contributed by atoms with Crippen molar-refractivity contribution in [1.82, 2.24) is 4.90 Å². The fraction of sp³-hybridized carbons (Fsp3) is 0.500. The lowest BCUT2D eigenvalue weighted by Gasteiger charge is -2.28. The van der Waals surface area contributed by atoms with Gasteiger partial charge in [-0.3, -0.25) is 4.79 Å². The van der Waals surface area contributed by atoms with E-state index in [1.165, 1.54) is 18.2 Å². The molecule has 2 aliphatic rings. The molecule has 0 aromatic heterocycles. The molecule has 0 N–H and O–H groups in total. The number of rotatable bonds is 5. The summed E-state index contributed by atoms with van der Waals surface area (Å²) in [7, 11) is -3.11. The van der Waals surface area contributed by atoms with Crippen LogP contribution < -0.4 is 0 Å². The molecule has 0 radical (unpaired) electrons. The number of sulfone groups is 1. The lowest BCUT2D eigenvalue weighted by Crippen LogP contribution is -2.44. The minimum absolute atomic E-state index is 0.0166. The van der Waals surface area contributed by atoms with Crippen LogP contribution in [0.4, 0.5) is 4.39 Å². The van der Waals surface area contributed by atoms with Gasteiger partial charge in [0.25, 0.3) is 5.91 Å². The highest BCUT2D eigenvalue weighted by Gasteiger charge is 2.42. The zero-order valence-electron chi connectivity index (χ0n) is 13.0. The number of benzene rings is 1. The second-order valence-corrected chi connectivity index (χ2v) is 8.37. The van der Waals surface area contributed by atoms with Crippen molar-refractivity contribution in [2.45, 2.75) is 31.3 Å². The van der Waals surface area contributed by atoms with Gasteiger partial charge in [-0.1, -0.05) is 12.1 Å². The number of hydrogen-bond acceptors (Lipinski definition) is 5. The number of hydrogen-bond donors (Lipinski definition) is 0. The Balaban J connectivity index is 1.63. The highest BCUT2D eigenvalue weighted by Crippen LogP contribution is 2.32. The molecule has 0 bridgehead atoms. The van der Waals surface area contributed by atoms with Gasteiger partial charge in [-0.15, -0.1) is 0 Å². The van der Waals surface area contributed by atoms with Gasteiger partial charge in [0.1, 0.15) is 5.82 Å². The summed E-state index contributed by atoms with van der Waals surface area (Å²) in [5.74, 6) is -2.02. The van der Waals surface area contributed by atoms with Crippen LogP contribution in [0.5, 0.6) is 0 Å². The second-order valence-electron chi connectivity index (χ2n) is 6.15. The molecule has 2 fully saturated rings. The Morgan fingerprint density at radius 1 is 1.17 bits per heavy atom. The van der Waals surface area contributed by atoms with E-state index < -0.39 is 34.1 Å². The van der Waals surface area contributed by atoms with Crippen LogP contribution in [0.2, 0.25) is 0 Å². The van der Waals surface area contributed by atoms with Crippen LogP contribution in [-0.2, 0) is 19.4 Å². The zero-order valence-corrected chi connectivity index (χ0v) is 13.8. The standard InChI is InChI=1S/C16H18FNO5S/c17-14-4-2-1-3-13(14)16(20)23-9-15(19)18(11-5-6-11)12-7-8-24(21,22)10-12/h1-4,11-12H,5-10H2/t12-/m1/s1. The van der Waals surface area contributed by atoms with Gasteiger partial charge < -0.3 is 9.64 Å². The molecule has 1 aliphatic carbocycles. The second kappa shape index (κ2) is 6.51. The number of carbonyl (C=O) groups is 2. The van der Waals surface area contributed by atoms with E-state index in [9.17, 15) is 22.4 Å². The maximum absolute atomic E-state index is 13.5. The minimum Gasteiger partial charge on any atom is -0.452 e. The van der Waals surface area contributed by atoms with E-state index in [1.807, 2.05) is 0 Å². The van der Waals surface area contributed by atoms with E-state index in [0.717, 1.165) is 18.9 Å². The number of halogens is 1. The van der Waals surface area contributed by atoms with Crippen molar-refractivity contribution < 1.29 is 27.1 Å². The van der Waals surface area contributed by atoms with Gasteiger partial charge in [-0.05, 0) is 31.4 Å². The van der Waals surface area contributed by atoms with Crippen LogP contribution in [0.1, 0.15) is 29.6 Å². The van der Waals surface area contributed by atoms with Crippen LogP contribution in [0.25, 0.3) is 0 Å². The van der Waals surface area contributed by atoms with Gasteiger partial charge >= 0.3 is 5.97 Å². The summed E-state index contributed by atoms with van der Waals surface area (Å²) in [6.45, 7) is -0.514. The topological polar surface area (TPSA) is 80.8 Å². The van der Waals surface area contributed by atoms with Gasteiger partial charge in [0.15, 0.2) is 16.4 Å². The average molecular weight is 355 g/mol. The molecular formula is C16H18FNO5S. The first-order valence-electron chi connectivity index (χ1n) is 7.80. The summed E-state index contributed by atoms with van der Waals surface area (Å²) in [4.78, 5) is 25.8. The van der Waals surface area contributed by atoms with Gasteiger partial charge in [0.05, 0.1) is 17.1 Å². The highest BCUT2D eigenvalue weighted by atomic mass is 32.2. The lowest BCUT2D eigenvalue weighted by atomic mass is 10.2. The lowest BCUT2D eigenvalue weighted by molar-refractivity contribution is -0.137. The molecule has 1 atom stereocenters. The van der Waals surface area contributed by atoms with Crippen molar-refractivity contribution in [3.8, 4) is 0 Å². The first kappa shape index (κ1) is 16.9. The predicted molar refractivity (Wildman–Crippen MR) is 83.6 cm³/mol. The summed E-state index contributed by atoms with van der Waals surface area (Å²) >= 11 is 0. The van der Waals surface area contributed by atoms with Gasteiger partial charge in [-0.25, -0.2) is 17.6 Å². The SMILES string of the molecule is O=C(OCC(=O)N(C1CC1)[C@@H]1CCS(=O)(=O)C1)c1ccccc1F. The van der Waals surface area contributed by atoms with Crippen LogP contribution >= 0.6 is 0 Å². The Morgan fingerprint density at radius 3 is 2.46 bits per heavy atom. The number of amides is 1. The Kier molecular flexibility index (Phi) is 4.58. The van der Waals surface area contributed by atoms with E-state index in [4.69, 9.17) is 4.74 Å². The molecular weight excluding hydrogens is 337 g/mol. The normalized spacial score (nSPS) is 22.1. The smallest absolute Gasteiger partial charge is 0.341 e. The Labute approximate surface area is 139 Å². The first-order valence-corrected chi connectivity index (χ1v) is 9.63. The first-order chi connectivity index (χ1) is 11.4. The van der Waals surface area contributed by atoms with Gasteiger partial charge in [-0.2, -0.15) is 0 Å². The predicted octanol–water partition coefficient (Wildman–Crippen LogP) is 1.16. The maximum atomic E-state index is 13.5. The maximum Gasteiger partial charge on any atom is 0.341 e. The highest BCUT2D eigenvalue weighted by molar-refractivity contribution is 7.91. The zero-order chi connectivity index (χ0) is 17.3. The Morgan fingerprint density at radius 2 is 1.88 bits per heavy atom. The number of nitrogens with zero attached hydrogens (tertiary/aromatic N) is 1. The Hall–Kier alpha value is -1.96. The van der Waals surface area contributed by atoms with Crippen molar-refractivity contribution in [3.63, 3.8) is 0 Å². The number of ether oxygens (including phenoxy) is 1. The third-order valence-electron chi connectivity index (χ3n) is 4.25. The van der Waals surface area contributed by atoms with Crippen molar-refractivity contribution in [1.29, 1.82) is 0 Å². The summed E-state index contributed by atoms with van der Waals surface area (Å²) in [5, 5.41) is 0. The molecule has 0 spiro atoms. The van der Waals surface area contributed by atoms with Crippen LogP contribution in [0.3, 0.4) is 0 Å². The van der Waals surface area contributed by atoms with Crippen molar-refractivity contribution in [2.24, 2.45) is 0 Å². The van der Waals surface area contributed by atoms with Gasteiger partial charge in [0.2, 0.25) is 0 Å². The molecule has 0 unspecified atom stereocenters. The molecule has 3 rings (SSSR count). The number of esters is 1. The largest absolute Gasteiger partial charge is 0.452 e. The van der Waals surface area contributed by atoms with E-state index in [-0.39, 0.29) is 29.2 Å². The van der Waals surface area contributed by atoms with Crippen LogP contribution in [0.15, 0.2) is 24.3 Å². The Bertz CT molecular complexity index is 759. The van der Waals surface area contributed by atoms with E-state index in [0.29, 0.717) is 6.42 Å². The summed E-state index contributed by atoms with van der Waals surface area (Å²) < 4.78 is 41.7. The van der Waals surface area contributed by atoms with Crippen molar-refractivity contribution >= 4 is 21.7 Å². The van der Waals surface area contributed by atoms with Gasteiger partial charge in [0, 0.05) is 12.1 Å². The molecule has 130 valence electrons. The molecule has 1 heterocycles. The average Bonchev–Trinajstić information content (AvgIpc) is 3.29. The monoisotopic (exact) mass is 355 g/mol. The quantitative estimate of drug-likeness (QED) is 0.741. The molecule has 1 saturated carbocycles. The molecule has 1 aromatic carbocycles. The summed E-state index contributed by atoms with van der Waals surface area (Å²) in [6.07, 6.45) is 2.05. The molecule has 1 aromatic rings. The number of carbonyl (C=O) groups excluding carboxylic acids is 2. The molecule has 1 saturated heterocycles. The molecule has 1 amide bonds. The molecule has 1 aliphatic heterocycles. The van der Waals surface area contributed by atoms with Crippen molar-refractivity contribution in [2.75, 3.05) is 18.1 Å². The summed E-state index contributed by atoms with van der Waals surface area (Å²) in [6, 6.07) is 5.03. The third-order valence-corrected chi connectivity index (χ3v) is 6.00. The van der Waals surface area contributed by atoms with Crippen LogP contribution in [0, 0.1) is 5.82 Å². The third kappa shape index (κ3) is 3.75. The van der Waals surface area contributed by atoms with E-state index in [1.54, 1.807) is 4.90 Å². The van der Waals surface area contributed by atoms with E-state index >= 15 is 0 Å². The molecule has 24 heavy (non-hydrogen) atoms. The fourth-order valence-corrected chi connectivity index (χ4v) is 4.67. The van der Waals surface area contributed by atoms with E-state index in [2.05, 4.69) is 0 Å². The fourth-order valence-electron chi connectivity index (χ4n) is 2.96. The molecule has 8 heteroatoms. The summed E-state index contributed by atoms with van der Waals surface area (Å²) in [5.41, 5.74) is -0.230. The molecule has 6 nitrogen and oxygen atoms in total.